The van der Waals surface area contributed by atoms with Crippen molar-refractivity contribution in [3.05, 3.63) is 39.5 Å². The van der Waals surface area contributed by atoms with Gasteiger partial charge in [-0.1, -0.05) is 30.7 Å². The van der Waals surface area contributed by atoms with E-state index in [-0.39, 0.29) is 0 Å². The fraction of sp³-hybridized carbons (Fsp3) is 0.467. The van der Waals surface area contributed by atoms with Crippen molar-refractivity contribution in [3.63, 3.8) is 0 Å². The Morgan fingerprint density at radius 2 is 2.00 bits per heavy atom. The first-order valence-electron chi connectivity index (χ1n) is 6.50. The summed E-state index contributed by atoms with van der Waals surface area (Å²) in [5.41, 5.74) is 1.31. The number of hydrogen-bond donors (Lipinski definition) is 1. The van der Waals surface area contributed by atoms with Gasteiger partial charge in [-0.3, -0.25) is 0 Å². The van der Waals surface area contributed by atoms with Crippen molar-refractivity contribution >= 4 is 28.7 Å². The second-order valence-electron chi connectivity index (χ2n) is 5.20. The zero-order valence-electron chi connectivity index (χ0n) is 9.90. The van der Waals surface area contributed by atoms with E-state index in [9.17, 15) is 0 Å². The molecule has 1 aliphatic carbocycles. The highest BCUT2D eigenvalue weighted by molar-refractivity contribution is 14.1. The quantitative estimate of drug-likeness (QED) is 0.811. The van der Waals surface area contributed by atoms with Crippen molar-refractivity contribution < 1.29 is 0 Å². The third-order valence-corrected chi connectivity index (χ3v) is 4.88. The maximum atomic E-state index is 3.65. The minimum absolute atomic E-state index is 0.613. The third kappa shape index (κ3) is 2.58. The van der Waals surface area contributed by atoms with E-state index < -0.39 is 0 Å². The largest absolute Gasteiger partial charge is 0.310 e. The van der Waals surface area contributed by atoms with Crippen LogP contribution >= 0.6 is 22.6 Å². The Labute approximate surface area is 117 Å². The molecule has 3 atom stereocenters. The molecule has 0 bridgehead atoms. The summed E-state index contributed by atoms with van der Waals surface area (Å²) in [5, 5.41) is 3.65. The van der Waals surface area contributed by atoms with Gasteiger partial charge in [0.25, 0.3) is 0 Å². The van der Waals surface area contributed by atoms with Crippen LogP contribution in [-0.2, 0) is 0 Å². The van der Waals surface area contributed by atoms with Crippen molar-refractivity contribution in [2.24, 2.45) is 11.8 Å². The van der Waals surface area contributed by atoms with E-state index in [1.54, 1.807) is 0 Å². The number of hydrogen-bond acceptors (Lipinski definition) is 1. The van der Waals surface area contributed by atoms with Crippen molar-refractivity contribution in [1.29, 1.82) is 0 Å². The van der Waals surface area contributed by atoms with Gasteiger partial charge in [-0.05, 0) is 71.5 Å². The van der Waals surface area contributed by atoms with Crippen LogP contribution in [0.4, 0.5) is 0 Å². The Balaban J connectivity index is 1.68. The van der Waals surface area contributed by atoms with Gasteiger partial charge < -0.3 is 5.32 Å². The molecule has 2 aliphatic rings. The molecule has 0 aromatic heterocycles. The second kappa shape index (κ2) is 5.11. The molecule has 2 fully saturated rings. The van der Waals surface area contributed by atoms with Gasteiger partial charge in [0.2, 0.25) is 0 Å². The first-order valence-corrected chi connectivity index (χ1v) is 7.58. The molecule has 1 nitrogen and oxygen atoms in total. The van der Waals surface area contributed by atoms with Gasteiger partial charge >= 0.3 is 0 Å². The Kier molecular flexibility index (Phi) is 3.52. The summed E-state index contributed by atoms with van der Waals surface area (Å²) in [4.78, 5) is 0. The van der Waals surface area contributed by atoms with Crippen LogP contribution in [0.2, 0.25) is 0 Å². The van der Waals surface area contributed by atoms with Gasteiger partial charge in [0.05, 0.1) is 0 Å². The van der Waals surface area contributed by atoms with Crippen LogP contribution in [-0.4, -0.2) is 12.6 Å². The molecular weight excluding hydrogens is 321 g/mol. The van der Waals surface area contributed by atoms with Crippen LogP contribution in [0.25, 0.3) is 6.08 Å². The number of benzene rings is 1. The van der Waals surface area contributed by atoms with E-state index in [0.717, 1.165) is 11.8 Å². The van der Waals surface area contributed by atoms with Crippen LogP contribution in [0.3, 0.4) is 0 Å². The summed E-state index contributed by atoms with van der Waals surface area (Å²) in [5.74, 6) is 1.84. The van der Waals surface area contributed by atoms with E-state index >= 15 is 0 Å². The van der Waals surface area contributed by atoms with Gasteiger partial charge in [0.15, 0.2) is 0 Å². The maximum Gasteiger partial charge on any atom is 0.0284 e. The Hall–Kier alpha value is -0.350. The lowest BCUT2D eigenvalue weighted by Crippen LogP contribution is -2.23. The molecule has 0 radical (unpaired) electrons. The molecule has 1 saturated heterocycles. The van der Waals surface area contributed by atoms with Gasteiger partial charge in [-0.25, -0.2) is 0 Å². The van der Waals surface area contributed by atoms with E-state index in [2.05, 4.69) is 64.3 Å². The first kappa shape index (κ1) is 11.7. The van der Waals surface area contributed by atoms with E-state index in [1.165, 1.54) is 34.9 Å². The van der Waals surface area contributed by atoms with E-state index in [0.29, 0.717) is 6.04 Å². The molecule has 90 valence electrons. The summed E-state index contributed by atoms with van der Waals surface area (Å²) >= 11 is 2.35. The molecule has 1 saturated carbocycles. The zero-order valence-corrected chi connectivity index (χ0v) is 12.1. The average molecular weight is 339 g/mol. The second-order valence-corrected chi connectivity index (χ2v) is 6.45. The highest BCUT2D eigenvalue weighted by Crippen LogP contribution is 2.38. The van der Waals surface area contributed by atoms with Gasteiger partial charge in [-0.15, -0.1) is 0 Å². The van der Waals surface area contributed by atoms with Crippen LogP contribution in [0.1, 0.15) is 24.8 Å². The SMILES string of the molecule is Ic1ccc(/C=C/C2NCC3CCCC32)cc1. The summed E-state index contributed by atoms with van der Waals surface area (Å²) in [6.45, 7) is 1.23. The van der Waals surface area contributed by atoms with Crippen molar-refractivity contribution in [2.45, 2.75) is 25.3 Å². The summed E-state index contributed by atoms with van der Waals surface area (Å²) in [6, 6.07) is 9.34. The van der Waals surface area contributed by atoms with Gasteiger partial charge in [0, 0.05) is 9.61 Å². The molecule has 0 spiro atoms. The van der Waals surface area contributed by atoms with Gasteiger partial charge in [0.1, 0.15) is 0 Å². The van der Waals surface area contributed by atoms with E-state index in [4.69, 9.17) is 0 Å². The van der Waals surface area contributed by atoms with Crippen LogP contribution in [0.5, 0.6) is 0 Å². The number of nitrogens with one attached hydrogen (secondary N) is 1. The molecule has 2 heteroatoms. The third-order valence-electron chi connectivity index (χ3n) is 4.16. The first-order chi connectivity index (χ1) is 8.33. The minimum Gasteiger partial charge on any atom is -0.310 e. The summed E-state index contributed by atoms with van der Waals surface area (Å²) in [6.07, 6.45) is 8.93. The molecule has 0 amide bonds. The van der Waals surface area contributed by atoms with Crippen molar-refractivity contribution in [3.8, 4) is 0 Å². The molecule has 3 rings (SSSR count). The predicted octanol–water partition coefficient (Wildman–Crippen LogP) is 3.69. The lowest BCUT2D eigenvalue weighted by molar-refractivity contribution is 0.456. The van der Waals surface area contributed by atoms with Crippen LogP contribution in [0, 0.1) is 15.4 Å². The molecule has 1 aromatic carbocycles. The molecule has 3 unspecified atom stereocenters. The molecule has 1 N–H and O–H groups in total. The number of halogens is 1. The van der Waals surface area contributed by atoms with Crippen molar-refractivity contribution in [2.75, 3.05) is 6.54 Å². The molecule has 1 aliphatic heterocycles. The fourth-order valence-electron chi connectivity index (χ4n) is 3.23. The Morgan fingerprint density at radius 1 is 1.18 bits per heavy atom. The maximum absolute atomic E-state index is 3.65. The average Bonchev–Trinajstić information content (AvgIpc) is 2.91. The predicted molar refractivity (Wildman–Crippen MR) is 80.8 cm³/mol. The zero-order chi connectivity index (χ0) is 11.7. The number of rotatable bonds is 2. The summed E-state index contributed by atoms with van der Waals surface area (Å²) < 4.78 is 1.30. The van der Waals surface area contributed by atoms with Crippen LogP contribution < -0.4 is 5.32 Å². The highest BCUT2D eigenvalue weighted by atomic mass is 127. The number of fused-ring (bicyclic) bond motifs is 1. The Bertz CT molecular complexity index is 409. The van der Waals surface area contributed by atoms with Crippen LogP contribution in [0.15, 0.2) is 30.3 Å². The summed E-state index contributed by atoms with van der Waals surface area (Å²) in [7, 11) is 0. The lowest BCUT2D eigenvalue weighted by atomic mass is 9.93. The lowest BCUT2D eigenvalue weighted by Gasteiger charge is -2.13. The fourth-order valence-corrected chi connectivity index (χ4v) is 3.59. The normalized spacial score (nSPS) is 32.2. The molecule has 1 aromatic rings. The Morgan fingerprint density at radius 3 is 2.82 bits per heavy atom. The minimum atomic E-state index is 0.613. The standard InChI is InChI=1S/C15H18IN/c16-13-7-4-11(5-8-13)6-9-15-14-3-1-2-12(14)10-17-15/h4-9,12,14-15,17H,1-3,10H2/b9-6+. The van der Waals surface area contributed by atoms with Gasteiger partial charge in [-0.2, -0.15) is 0 Å². The molecule has 17 heavy (non-hydrogen) atoms. The molecule has 1 heterocycles. The highest BCUT2D eigenvalue weighted by Gasteiger charge is 2.37. The van der Waals surface area contributed by atoms with E-state index in [1.807, 2.05) is 0 Å². The monoisotopic (exact) mass is 339 g/mol. The molecular formula is C15H18IN. The smallest absolute Gasteiger partial charge is 0.0284 e. The topological polar surface area (TPSA) is 12.0 Å². The van der Waals surface area contributed by atoms with Crippen molar-refractivity contribution in [1.82, 2.24) is 5.32 Å².